The summed E-state index contributed by atoms with van der Waals surface area (Å²) >= 11 is 0. The number of amides is 2. The van der Waals surface area contributed by atoms with Crippen molar-refractivity contribution in [2.24, 2.45) is 0 Å². The molecule has 224 valence electrons. The second kappa shape index (κ2) is 12.8. The molecule has 2 aromatic carbocycles. The number of nitrogens with zero attached hydrogens (tertiary/aromatic N) is 1. The minimum absolute atomic E-state index is 0.0110. The van der Waals surface area contributed by atoms with Crippen molar-refractivity contribution in [2.45, 2.75) is 67.0 Å². The van der Waals surface area contributed by atoms with Crippen LogP contribution in [0.3, 0.4) is 0 Å². The number of rotatable bonds is 7. The predicted molar refractivity (Wildman–Crippen MR) is 162 cm³/mol. The highest BCUT2D eigenvalue weighted by Gasteiger charge is 2.32. The van der Waals surface area contributed by atoms with Gasteiger partial charge >= 0.3 is 0 Å². The molecule has 42 heavy (non-hydrogen) atoms. The van der Waals surface area contributed by atoms with Crippen LogP contribution >= 0.6 is 0 Å². The van der Waals surface area contributed by atoms with Crippen molar-refractivity contribution in [3.8, 4) is 23.8 Å². The van der Waals surface area contributed by atoms with Crippen molar-refractivity contribution >= 4 is 21.9 Å². The molecule has 1 atom stereocenters. The average Bonchev–Trinajstić information content (AvgIpc) is 2.91. The molecule has 0 fully saturated rings. The van der Waals surface area contributed by atoms with Gasteiger partial charge in [-0.05, 0) is 97.4 Å². The fraction of sp³-hybridized carbons (Fsp3) is 0.375. The fourth-order valence-corrected chi connectivity index (χ4v) is 4.93. The third-order valence-corrected chi connectivity index (χ3v) is 7.85. The molecule has 1 N–H and O–H groups in total. The van der Waals surface area contributed by atoms with E-state index in [0.717, 1.165) is 11.1 Å². The lowest BCUT2D eigenvalue weighted by Crippen LogP contribution is -2.56. The van der Waals surface area contributed by atoms with Crippen LogP contribution in [0, 0.1) is 33.1 Å². The molecule has 0 bridgehead atoms. The summed E-state index contributed by atoms with van der Waals surface area (Å²) in [6, 6.07) is 8.73. The van der Waals surface area contributed by atoms with Crippen molar-refractivity contribution in [3.05, 3.63) is 80.8 Å². The first kappa shape index (κ1) is 32.4. The SMILES string of the molecule is C#C/C(C)=C\C=C(/C)S(=O)(=O)OC[C@H]1COc2ccc(C(=O)NN(C(=O)c3cc(C)cc(C)c3)C(C)(C)C)c(C)c2O1. The van der Waals surface area contributed by atoms with Gasteiger partial charge in [-0.15, -0.1) is 6.42 Å². The van der Waals surface area contributed by atoms with Crippen LogP contribution in [0.5, 0.6) is 11.5 Å². The summed E-state index contributed by atoms with van der Waals surface area (Å²) in [4.78, 5) is 27.0. The zero-order valence-corrected chi connectivity index (χ0v) is 26.1. The number of ether oxygens (including phenoxy) is 2. The van der Waals surface area contributed by atoms with Gasteiger partial charge in [0.05, 0.1) is 10.4 Å². The van der Waals surface area contributed by atoms with Gasteiger partial charge < -0.3 is 9.47 Å². The number of hydrogen-bond donors (Lipinski definition) is 1. The summed E-state index contributed by atoms with van der Waals surface area (Å²) in [7, 11) is -4.03. The molecule has 2 amide bonds. The summed E-state index contributed by atoms with van der Waals surface area (Å²) in [5.74, 6) is 2.27. The summed E-state index contributed by atoms with van der Waals surface area (Å²) in [5.41, 5.74) is 5.69. The molecule has 0 saturated carbocycles. The summed E-state index contributed by atoms with van der Waals surface area (Å²) in [5, 5.41) is 1.32. The normalized spacial score (nSPS) is 15.5. The van der Waals surface area contributed by atoms with E-state index < -0.39 is 27.7 Å². The molecule has 0 unspecified atom stereocenters. The van der Waals surface area contributed by atoms with Crippen molar-refractivity contribution in [3.63, 3.8) is 0 Å². The molecule has 1 heterocycles. The maximum Gasteiger partial charge on any atom is 0.292 e. The molecule has 0 aliphatic carbocycles. The second-order valence-electron chi connectivity index (χ2n) is 11.3. The van der Waals surface area contributed by atoms with Gasteiger partial charge in [0, 0.05) is 16.7 Å². The van der Waals surface area contributed by atoms with E-state index in [4.69, 9.17) is 20.1 Å². The monoisotopic (exact) mass is 594 g/mol. The highest BCUT2D eigenvalue weighted by molar-refractivity contribution is 7.90. The van der Waals surface area contributed by atoms with E-state index in [9.17, 15) is 18.0 Å². The van der Waals surface area contributed by atoms with Gasteiger partial charge in [-0.1, -0.05) is 23.1 Å². The minimum atomic E-state index is -4.03. The Morgan fingerprint density at radius 3 is 2.36 bits per heavy atom. The van der Waals surface area contributed by atoms with Gasteiger partial charge in [0.25, 0.3) is 21.9 Å². The van der Waals surface area contributed by atoms with Gasteiger partial charge in [0.1, 0.15) is 13.2 Å². The number of aryl methyl sites for hydroxylation is 2. The topological polar surface area (TPSA) is 111 Å². The van der Waals surface area contributed by atoms with Crippen molar-refractivity contribution < 1.29 is 31.7 Å². The summed E-state index contributed by atoms with van der Waals surface area (Å²) in [6.45, 7) is 13.8. The third kappa shape index (κ3) is 7.81. The lowest BCUT2D eigenvalue weighted by molar-refractivity contribution is 0.0356. The van der Waals surface area contributed by atoms with Crippen LogP contribution in [0.4, 0.5) is 0 Å². The lowest BCUT2D eigenvalue weighted by atomic mass is 10.0. The van der Waals surface area contributed by atoms with Crippen LogP contribution in [0.1, 0.15) is 72.0 Å². The Bertz CT molecular complexity index is 1570. The molecule has 0 aromatic heterocycles. The van der Waals surface area contributed by atoms with Crippen LogP contribution in [0.25, 0.3) is 0 Å². The van der Waals surface area contributed by atoms with Crippen LogP contribution in [0.15, 0.2) is 53.0 Å². The van der Waals surface area contributed by atoms with Gasteiger partial charge in [0.15, 0.2) is 17.6 Å². The number of nitrogens with one attached hydrogen (secondary N) is 1. The van der Waals surface area contributed by atoms with Crippen LogP contribution in [0.2, 0.25) is 0 Å². The van der Waals surface area contributed by atoms with Crippen LogP contribution < -0.4 is 14.9 Å². The van der Waals surface area contributed by atoms with E-state index in [1.54, 1.807) is 38.1 Å². The van der Waals surface area contributed by atoms with Crippen LogP contribution in [-0.2, 0) is 14.3 Å². The van der Waals surface area contributed by atoms with E-state index in [1.807, 2.05) is 40.7 Å². The zero-order valence-electron chi connectivity index (χ0n) is 25.3. The first-order chi connectivity index (χ1) is 19.5. The molecule has 1 aliphatic rings. The maximum atomic E-state index is 13.5. The standard InChI is InChI=1S/C32H38N2O7S/c1-10-20(2)11-12-23(5)42(37,38)40-19-26-18-39-28-14-13-27(24(6)29(28)41-26)30(35)33-34(32(7,8)9)31(36)25-16-21(3)15-22(4)17-25/h1,11-17,26H,18-19H2,2-9H3,(H,33,35)/b20-11-,23-12+/t26-/m1/s1. The Balaban J connectivity index is 1.79. The highest BCUT2D eigenvalue weighted by atomic mass is 32.2. The Labute approximate surface area is 248 Å². The molecule has 10 heteroatoms. The molecule has 9 nitrogen and oxygen atoms in total. The molecule has 0 saturated heterocycles. The number of terminal acetylenes is 1. The molecule has 0 spiro atoms. The quantitative estimate of drug-likeness (QED) is 0.204. The van der Waals surface area contributed by atoms with E-state index >= 15 is 0 Å². The molecular weight excluding hydrogens is 556 g/mol. The van der Waals surface area contributed by atoms with Gasteiger partial charge in [-0.2, -0.15) is 8.42 Å². The van der Waals surface area contributed by atoms with E-state index in [0.29, 0.717) is 28.2 Å². The number of fused-ring (bicyclic) bond motifs is 1. The Kier molecular flexibility index (Phi) is 9.92. The average molecular weight is 595 g/mol. The minimum Gasteiger partial charge on any atom is -0.486 e. The maximum absolute atomic E-state index is 13.5. The number of carbonyl (C=O) groups excluding carboxylic acids is 2. The molecule has 0 radical (unpaired) electrons. The summed E-state index contributed by atoms with van der Waals surface area (Å²) < 4.78 is 42.1. The van der Waals surface area contributed by atoms with E-state index in [2.05, 4.69) is 11.3 Å². The van der Waals surface area contributed by atoms with Crippen molar-refractivity contribution in [1.29, 1.82) is 0 Å². The Morgan fingerprint density at radius 2 is 1.76 bits per heavy atom. The van der Waals surface area contributed by atoms with E-state index in [-0.39, 0.29) is 29.6 Å². The Morgan fingerprint density at radius 1 is 1.12 bits per heavy atom. The molecule has 1 aliphatic heterocycles. The smallest absolute Gasteiger partial charge is 0.292 e. The largest absolute Gasteiger partial charge is 0.486 e. The molecular formula is C32H38N2O7S. The van der Waals surface area contributed by atoms with Gasteiger partial charge in [-0.3, -0.25) is 19.2 Å². The van der Waals surface area contributed by atoms with E-state index in [1.165, 1.54) is 24.1 Å². The first-order valence-corrected chi connectivity index (χ1v) is 14.8. The number of allylic oxidation sites excluding steroid dienone is 4. The van der Waals surface area contributed by atoms with Gasteiger partial charge in [0.2, 0.25) is 0 Å². The predicted octanol–water partition coefficient (Wildman–Crippen LogP) is 5.17. The molecule has 3 rings (SSSR count). The van der Waals surface area contributed by atoms with Crippen LogP contribution in [-0.4, -0.2) is 50.1 Å². The van der Waals surface area contributed by atoms with Crippen molar-refractivity contribution in [2.75, 3.05) is 13.2 Å². The first-order valence-electron chi connectivity index (χ1n) is 13.4. The highest BCUT2D eigenvalue weighted by Crippen LogP contribution is 2.37. The number of hydrogen-bond acceptors (Lipinski definition) is 7. The third-order valence-electron chi connectivity index (χ3n) is 6.48. The molecule has 2 aromatic rings. The number of hydrazine groups is 1. The fourth-order valence-electron chi connectivity index (χ4n) is 4.18. The lowest BCUT2D eigenvalue weighted by Gasteiger charge is -2.36. The number of benzene rings is 2. The van der Waals surface area contributed by atoms with Crippen molar-refractivity contribution in [1.82, 2.24) is 10.4 Å². The summed E-state index contributed by atoms with van der Waals surface area (Å²) in [6.07, 6.45) is 7.43. The number of carbonyl (C=O) groups is 2. The van der Waals surface area contributed by atoms with Gasteiger partial charge in [-0.25, -0.2) is 5.01 Å². The zero-order chi connectivity index (χ0) is 31.4. The Hall–Kier alpha value is -4.07. The second-order valence-corrected chi connectivity index (χ2v) is 13.0.